The number of hydrogen-bond acceptors (Lipinski definition) is 2. The van der Waals surface area contributed by atoms with Crippen LogP contribution in [0.2, 0.25) is 0 Å². The highest BCUT2D eigenvalue weighted by atomic mass is 19.1. The number of carbonyl (C=O) groups excluding carboxylic acids is 1. The number of aldehydes is 1. The molecule has 4 heteroatoms. The van der Waals surface area contributed by atoms with Crippen molar-refractivity contribution in [1.82, 2.24) is 5.32 Å². The Hall–Kier alpha value is -1.29. The first-order valence-electron chi connectivity index (χ1n) is 4.86. The van der Waals surface area contributed by atoms with Crippen molar-refractivity contribution in [3.63, 3.8) is 0 Å². The first-order chi connectivity index (χ1) is 7.22. The molecule has 1 saturated heterocycles. The number of halogens is 2. The molecule has 1 aromatic carbocycles. The average Bonchev–Trinajstić information content (AvgIpc) is 2.65. The van der Waals surface area contributed by atoms with Gasteiger partial charge in [-0.3, -0.25) is 0 Å². The zero-order valence-electron chi connectivity index (χ0n) is 8.04. The van der Waals surface area contributed by atoms with Gasteiger partial charge in [0, 0.05) is 12.0 Å². The Balaban J connectivity index is 2.32. The lowest BCUT2D eigenvalue weighted by atomic mass is 9.92. The SMILES string of the molecule is O=CC1NCCC1c1ccc(F)cc1F. The zero-order valence-corrected chi connectivity index (χ0v) is 8.04. The standard InChI is InChI=1S/C11H11F2NO/c12-7-1-2-8(10(13)5-7)9-3-4-14-11(9)6-15/h1-2,5-6,9,11,14H,3-4H2. The second-order valence-corrected chi connectivity index (χ2v) is 3.68. The summed E-state index contributed by atoms with van der Waals surface area (Å²) < 4.78 is 26.1. The average molecular weight is 211 g/mol. The molecule has 0 aromatic heterocycles. The summed E-state index contributed by atoms with van der Waals surface area (Å²) in [5.74, 6) is -1.34. The molecule has 1 fully saturated rings. The Bertz CT molecular complexity index is 381. The molecule has 1 heterocycles. The molecule has 2 atom stereocenters. The maximum absolute atomic E-state index is 13.4. The van der Waals surface area contributed by atoms with Gasteiger partial charge in [-0.05, 0) is 24.6 Å². The number of benzene rings is 1. The smallest absolute Gasteiger partial charge is 0.137 e. The quantitative estimate of drug-likeness (QED) is 0.753. The fraction of sp³-hybridized carbons (Fsp3) is 0.364. The molecule has 1 aliphatic heterocycles. The van der Waals surface area contributed by atoms with Gasteiger partial charge in [0.1, 0.15) is 17.9 Å². The monoisotopic (exact) mass is 211 g/mol. The summed E-state index contributed by atoms with van der Waals surface area (Å²) in [6.07, 6.45) is 1.48. The molecule has 2 nitrogen and oxygen atoms in total. The molecule has 0 radical (unpaired) electrons. The third kappa shape index (κ3) is 1.90. The zero-order chi connectivity index (χ0) is 10.8. The maximum Gasteiger partial charge on any atom is 0.137 e. The van der Waals surface area contributed by atoms with Crippen molar-refractivity contribution < 1.29 is 13.6 Å². The van der Waals surface area contributed by atoms with Gasteiger partial charge in [0.05, 0.1) is 6.04 Å². The Morgan fingerprint density at radius 2 is 2.20 bits per heavy atom. The predicted octanol–water partition coefficient (Wildman–Crippen LogP) is 1.61. The van der Waals surface area contributed by atoms with Crippen LogP contribution in [-0.2, 0) is 4.79 Å². The Morgan fingerprint density at radius 1 is 1.40 bits per heavy atom. The molecule has 0 bridgehead atoms. The first kappa shape index (κ1) is 10.2. The van der Waals surface area contributed by atoms with Crippen molar-refractivity contribution in [3.8, 4) is 0 Å². The van der Waals surface area contributed by atoms with Crippen LogP contribution in [0.3, 0.4) is 0 Å². The predicted molar refractivity (Wildman–Crippen MR) is 51.6 cm³/mol. The molecular weight excluding hydrogens is 200 g/mol. The highest BCUT2D eigenvalue weighted by Gasteiger charge is 2.29. The highest BCUT2D eigenvalue weighted by molar-refractivity contribution is 5.61. The van der Waals surface area contributed by atoms with Gasteiger partial charge in [-0.1, -0.05) is 6.07 Å². The largest absolute Gasteiger partial charge is 0.307 e. The maximum atomic E-state index is 13.4. The minimum absolute atomic E-state index is 0.178. The second-order valence-electron chi connectivity index (χ2n) is 3.68. The van der Waals surface area contributed by atoms with Gasteiger partial charge in [0.15, 0.2) is 0 Å². The fourth-order valence-electron chi connectivity index (χ4n) is 2.02. The fourth-order valence-corrected chi connectivity index (χ4v) is 2.02. The van der Waals surface area contributed by atoms with E-state index >= 15 is 0 Å². The molecule has 1 aromatic rings. The summed E-state index contributed by atoms with van der Waals surface area (Å²) in [6, 6.07) is 3.14. The lowest BCUT2D eigenvalue weighted by Crippen LogP contribution is -2.27. The molecular formula is C11H11F2NO. The van der Waals surface area contributed by atoms with Gasteiger partial charge in [0.2, 0.25) is 0 Å². The van der Waals surface area contributed by atoms with E-state index in [4.69, 9.17) is 0 Å². The number of carbonyl (C=O) groups is 1. The summed E-state index contributed by atoms with van der Waals surface area (Å²) in [5.41, 5.74) is 0.415. The van der Waals surface area contributed by atoms with Gasteiger partial charge in [-0.15, -0.1) is 0 Å². The topological polar surface area (TPSA) is 29.1 Å². The van der Waals surface area contributed by atoms with Crippen LogP contribution < -0.4 is 5.32 Å². The van der Waals surface area contributed by atoms with E-state index in [1.54, 1.807) is 0 Å². The van der Waals surface area contributed by atoms with Crippen LogP contribution in [0.4, 0.5) is 8.78 Å². The minimum atomic E-state index is -0.593. The van der Waals surface area contributed by atoms with Crippen molar-refractivity contribution in [3.05, 3.63) is 35.4 Å². The van der Waals surface area contributed by atoms with Crippen LogP contribution in [0, 0.1) is 11.6 Å². The van der Waals surface area contributed by atoms with Crippen molar-refractivity contribution in [1.29, 1.82) is 0 Å². The highest BCUT2D eigenvalue weighted by Crippen LogP contribution is 2.29. The van der Waals surface area contributed by atoms with E-state index in [-0.39, 0.29) is 12.0 Å². The third-order valence-electron chi connectivity index (χ3n) is 2.78. The Kier molecular flexibility index (Phi) is 2.77. The van der Waals surface area contributed by atoms with Crippen molar-refractivity contribution in [2.24, 2.45) is 0 Å². The molecule has 2 rings (SSSR count). The van der Waals surface area contributed by atoms with E-state index < -0.39 is 11.6 Å². The lowest BCUT2D eigenvalue weighted by molar-refractivity contribution is -0.109. The molecule has 0 saturated carbocycles. The van der Waals surface area contributed by atoms with Gasteiger partial charge in [-0.2, -0.15) is 0 Å². The molecule has 2 unspecified atom stereocenters. The van der Waals surface area contributed by atoms with Crippen LogP contribution in [0.15, 0.2) is 18.2 Å². The van der Waals surface area contributed by atoms with Gasteiger partial charge >= 0.3 is 0 Å². The summed E-state index contributed by atoms with van der Waals surface area (Å²) in [4.78, 5) is 10.7. The third-order valence-corrected chi connectivity index (χ3v) is 2.78. The van der Waals surface area contributed by atoms with E-state index in [1.807, 2.05) is 0 Å². The van der Waals surface area contributed by atoms with E-state index in [0.29, 0.717) is 18.5 Å². The van der Waals surface area contributed by atoms with E-state index in [2.05, 4.69) is 5.32 Å². The van der Waals surface area contributed by atoms with Gasteiger partial charge < -0.3 is 10.1 Å². The molecule has 0 amide bonds. The van der Waals surface area contributed by atoms with Crippen molar-refractivity contribution in [2.75, 3.05) is 6.54 Å². The van der Waals surface area contributed by atoms with Crippen LogP contribution in [0.1, 0.15) is 17.9 Å². The summed E-state index contributed by atoms with van der Waals surface area (Å²) in [6.45, 7) is 0.685. The minimum Gasteiger partial charge on any atom is -0.307 e. The van der Waals surface area contributed by atoms with Crippen LogP contribution in [0.25, 0.3) is 0 Å². The van der Waals surface area contributed by atoms with Crippen LogP contribution >= 0.6 is 0 Å². The molecule has 0 spiro atoms. The normalized spacial score (nSPS) is 25.5. The first-order valence-corrected chi connectivity index (χ1v) is 4.86. The van der Waals surface area contributed by atoms with Gasteiger partial charge in [0.25, 0.3) is 0 Å². The Morgan fingerprint density at radius 3 is 2.87 bits per heavy atom. The van der Waals surface area contributed by atoms with E-state index in [1.165, 1.54) is 12.1 Å². The van der Waals surface area contributed by atoms with Gasteiger partial charge in [-0.25, -0.2) is 8.78 Å². The molecule has 0 aliphatic carbocycles. The number of rotatable bonds is 2. The van der Waals surface area contributed by atoms with Crippen LogP contribution in [-0.4, -0.2) is 18.9 Å². The number of hydrogen-bond donors (Lipinski definition) is 1. The molecule has 1 N–H and O–H groups in total. The van der Waals surface area contributed by atoms with Crippen LogP contribution in [0.5, 0.6) is 0 Å². The Labute approximate surface area is 86.3 Å². The number of nitrogens with one attached hydrogen (secondary N) is 1. The summed E-state index contributed by atoms with van der Waals surface area (Å²) >= 11 is 0. The second kappa shape index (κ2) is 4.06. The lowest BCUT2D eigenvalue weighted by Gasteiger charge is -2.14. The summed E-state index contributed by atoms with van der Waals surface area (Å²) in [5, 5.41) is 2.97. The molecule has 80 valence electrons. The van der Waals surface area contributed by atoms with Crippen molar-refractivity contribution in [2.45, 2.75) is 18.4 Å². The molecule has 15 heavy (non-hydrogen) atoms. The van der Waals surface area contributed by atoms with E-state index in [9.17, 15) is 13.6 Å². The van der Waals surface area contributed by atoms with E-state index in [0.717, 1.165) is 12.4 Å². The summed E-state index contributed by atoms with van der Waals surface area (Å²) in [7, 11) is 0. The van der Waals surface area contributed by atoms with Crippen molar-refractivity contribution >= 4 is 6.29 Å². The molecule has 1 aliphatic rings.